The molecule has 1 amide bonds. The van der Waals surface area contributed by atoms with Gasteiger partial charge in [-0.1, -0.05) is 60.3 Å². The van der Waals surface area contributed by atoms with E-state index in [4.69, 9.17) is 4.98 Å². The molecule has 166 valence electrons. The third kappa shape index (κ3) is 4.54. The van der Waals surface area contributed by atoms with Crippen molar-refractivity contribution in [3.63, 3.8) is 0 Å². The Kier molecular flexibility index (Phi) is 6.21. The predicted octanol–water partition coefficient (Wildman–Crippen LogP) is 4.30. The van der Waals surface area contributed by atoms with Gasteiger partial charge in [-0.2, -0.15) is 0 Å². The molecule has 7 heteroatoms. The SMILES string of the molecule is O=C(C(Sc1nc2ccccc2c(=O)n1Cc1cccnc1)c1ccccc1)N1CCCC1. The van der Waals surface area contributed by atoms with Crippen LogP contribution in [0.4, 0.5) is 0 Å². The molecule has 1 fully saturated rings. The Morgan fingerprint density at radius 2 is 1.73 bits per heavy atom. The van der Waals surface area contributed by atoms with Crippen molar-refractivity contribution in [2.24, 2.45) is 0 Å². The number of fused-ring (bicyclic) bond motifs is 1. The minimum absolute atomic E-state index is 0.0686. The van der Waals surface area contributed by atoms with Crippen molar-refractivity contribution in [2.45, 2.75) is 29.8 Å². The van der Waals surface area contributed by atoms with Crippen molar-refractivity contribution in [3.8, 4) is 0 Å². The fourth-order valence-electron chi connectivity index (χ4n) is 4.15. The number of likely N-dealkylation sites (tertiary alicyclic amines) is 1. The van der Waals surface area contributed by atoms with Crippen LogP contribution in [0.15, 0.2) is 89.1 Å². The van der Waals surface area contributed by atoms with E-state index in [1.807, 2.05) is 65.6 Å². The summed E-state index contributed by atoms with van der Waals surface area (Å²) in [6.45, 7) is 1.89. The second kappa shape index (κ2) is 9.58. The molecule has 0 bridgehead atoms. The van der Waals surface area contributed by atoms with Crippen LogP contribution >= 0.6 is 11.8 Å². The molecule has 3 heterocycles. The highest BCUT2D eigenvalue weighted by Gasteiger charge is 2.30. The average Bonchev–Trinajstić information content (AvgIpc) is 3.41. The number of carbonyl (C=O) groups excluding carboxylic acids is 1. The monoisotopic (exact) mass is 456 g/mol. The molecule has 0 spiro atoms. The van der Waals surface area contributed by atoms with Crippen molar-refractivity contribution in [1.29, 1.82) is 0 Å². The minimum atomic E-state index is -0.475. The van der Waals surface area contributed by atoms with Crippen molar-refractivity contribution < 1.29 is 4.79 Å². The van der Waals surface area contributed by atoms with E-state index in [0.29, 0.717) is 22.6 Å². The number of hydrogen-bond donors (Lipinski definition) is 0. The molecule has 4 aromatic rings. The highest BCUT2D eigenvalue weighted by atomic mass is 32.2. The molecule has 6 nitrogen and oxygen atoms in total. The summed E-state index contributed by atoms with van der Waals surface area (Å²) in [6.07, 6.45) is 5.51. The van der Waals surface area contributed by atoms with Crippen molar-refractivity contribution >= 4 is 28.6 Å². The molecule has 1 aliphatic heterocycles. The van der Waals surface area contributed by atoms with Crippen molar-refractivity contribution in [2.75, 3.05) is 13.1 Å². The standard InChI is InChI=1S/C26H24N4O2S/c31-24-21-12-4-5-13-22(21)28-26(30(24)18-19-9-8-14-27-17-19)33-23(20-10-2-1-3-11-20)25(32)29-15-6-7-16-29/h1-5,8-14,17,23H,6-7,15-16,18H2. The van der Waals surface area contributed by atoms with Gasteiger partial charge in [-0.15, -0.1) is 0 Å². The third-order valence-corrected chi connectivity index (χ3v) is 7.09. The molecule has 33 heavy (non-hydrogen) atoms. The fourth-order valence-corrected chi connectivity index (χ4v) is 5.33. The van der Waals surface area contributed by atoms with E-state index in [-0.39, 0.29) is 11.5 Å². The van der Waals surface area contributed by atoms with Crippen molar-refractivity contribution in [3.05, 3.63) is 101 Å². The zero-order valence-electron chi connectivity index (χ0n) is 18.1. The number of para-hydroxylation sites is 1. The summed E-state index contributed by atoms with van der Waals surface area (Å²) in [5.41, 5.74) is 2.33. The van der Waals surface area contributed by atoms with Crippen LogP contribution < -0.4 is 5.56 Å². The van der Waals surface area contributed by atoms with Gasteiger partial charge in [0.15, 0.2) is 5.16 Å². The van der Waals surface area contributed by atoms with E-state index in [1.165, 1.54) is 11.8 Å². The first-order valence-corrected chi connectivity index (χ1v) is 12.0. The Hall–Kier alpha value is -3.45. The molecular weight excluding hydrogens is 432 g/mol. The smallest absolute Gasteiger partial charge is 0.262 e. The highest BCUT2D eigenvalue weighted by Crippen LogP contribution is 2.37. The first-order valence-electron chi connectivity index (χ1n) is 11.1. The number of rotatable bonds is 6. The average molecular weight is 457 g/mol. The summed E-state index contributed by atoms with van der Waals surface area (Å²) in [5.74, 6) is 0.0686. The largest absolute Gasteiger partial charge is 0.341 e. The topological polar surface area (TPSA) is 68.1 Å². The Morgan fingerprint density at radius 1 is 0.970 bits per heavy atom. The number of thioether (sulfide) groups is 1. The zero-order valence-corrected chi connectivity index (χ0v) is 18.9. The van der Waals surface area contributed by atoms with Gasteiger partial charge in [0.05, 0.1) is 17.4 Å². The maximum absolute atomic E-state index is 13.5. The lowest BCUT2D eigenvalue weighted by Crippen LogP contribution is -2.32. The van der Waals surface area contributed by atoms with Crippen LogP contribution in [0.2, 0.25) is 0 Å². The summed E-state index contributed by atoms with van der Waals surface area (Å²) in [7, 11) is 0. The first-order chi connectivity index (χ1) is 16.2. The van der Waals surface area contributed by atoms with E-state index in [0.717, 1.165) is 37.1 Å². The Labute approximate surface area is 196 Å². The number of amides is 1. The van der Waals surface area contributed by atoms with Gasteiger partial charge >= 0.3 is 0 Å². The number of benzene rings is 2. The maximum Gasteiger partial charge on any atom is 0.262 e. The first kappa shape index (κ1) is 21.4. The van der Waals surface area contributed by atoms with Crippen LogP contribution in [-0.2, 0) is 11.3 Å². The van der Waals surface area contributed by atoms with E-state index in [2.05, 4.69) is 4.98 Å². The molecule has 1 atom stereocenters. The molecule has 2 aromatic carbocycles. The summed E-state index contributed by atoms with van der Waals surface area (Å²) < 4.78 is 1.66. The van der Waals surface area contributed by atoms with Crippen LogP contribution in [0.3, 0.4) is 0 Å². The Balaban J connectivity index is 1.61. The number of hydrogen-bond acceptors (Lipinski definition) is 5. The van der Waals surface area contributed by atoms with Gasteiger partial charge in [0.1, 0.15) is 5.25 Å². The predicted molar refractivity (Wildman–Crippen MR) is 130 cm³/mol. The molecule has 0 aliphatic carbocycles. The quantitative estimate of drug-likeness (QED) is 0.320. The van der Waals surface area contributed by atoms with Crippen LogP contribution in [-0.4, -0.2) is 38.4 Å². The second-order valence-electron chi connectivity index (χ2n) is 8.11. The highest BCUT2D eigenvalue weighted by molar-refractivity contribution is 8.00. The summed E-state index contributed by atoms with van der Waals surface area (Å²) in [5, 5.41) is 0.620. The van der Waals surface area contributed by atoms with Crippen LogP contribution in [0, 0.1) is 0 Å². The van der Waals surface area contributed by atoms with Crippen LogP contribution in [0.25, 0.3) is 10.9 Å². The van der Waals surface area contributed by atoms with Gasteiger partial charge in [0.25, 0.3) is 5.56 Å². The molecule has 1 saturated heterocycles. The number of carbonyl (C=O) groups is 1. The number of pyridine rings is 1. The molecule has 5 rings (SSSR count). The third-order valence-electron chi connectivity index (χ3n) is 5.86. The molecule has 1 unspecified atom stereocenters. The van der Waals surface area contributed by atoms with Gasteiger partial charge in [0.2, 0.25) is 5.91 Å². The normalized spacial score (nSPS) is 14.5. The number of nitrogens with zero attached hydrogens (tertiary/aromatic N) is 4. The van der Waals surface area contributed by atoms with Crippen LogP contribution in [0.1, 0.15) is 29.2 Å². The second-order valence-corrected chi connectivity index (χ2v) is 9.18. The summed E-state index contributed by atoms with van der Waals surface area (Å²) >= 11 is 1.35. The van der Waals surface area contributed by atoms with Gasteiger partial charge in [-0.05, 0) is 42.2 Å². The Bertz CT molecular complexity index is 1320. The van der Waals surface area contributed by atoms with Crippen molar-refractivity contribution in [1.82, 2.24) is 19.4 Å². The zero-order chi connectivity index (χ0) is 22.6. The molecule has 0 radical (unpaired) electrons. The fraction of sp³-hybridized carbons (Fsp3) is 0.231. The minimum Gasteiger partial charge on any atom is -0.341 e. The van der Waals surface area contributed by atoms with E-state index in [9.17, 15) is 9.59 Å². The molecule has 1 aliphatic rings. The molecule has 0 saturated carbocycles. The lowest BCUT2D eigenvalue weighted by atomic mass is 10.1. The number of aromatic nitrogens is 3. The Morgan fingerprint density at radius 3 is 2.48 bits per heavy atom. The molecule has 2 aromatic heterocycles. The van der Waals surface area contributed by atoms with Crippen LogP contribution in [0.5, 0.6) is 0 Å². The lowest BCUT2D eigenvalue weighted by Gasteiger charge is -2.24. The van der Waals surface area contributed by atoms with Gasteiger partial charge in [0, 0.05) is 25.5 Å². The van der Waals surface area contributed by atoms with Gasteiger partial charge in [-0.25, -0.2) is 4.98 Å². The van der Waals surface area contributed by atoms with E-state index in [1.54, 1.807) is 23.0 Å². The van der Waals surface area contributed by atoms with E-state index < -0.39 is 5.25 Å². The maximum atomic E-state index is 13.5. The summed E-state index contributed by atoms with van der Waals surface area (Å²) in [6, 6.07) is 20.9. The summed E-state index contributed by atoms with van der Waals surface area (Å²) in [4.78, 5) is 38.0. The molecular formula is C26H24N4O2S. The van der Waals surface area contributed by atoms with Gasteiger partial charge in [-0.3, -0.25) is 19.1 Å². The van der Waals surface area contributed by atoms with E-state index >= 15 is 0 Å². The lowest BCUT2D eigenvalue weighted by molar-refractivity contribution is -0.129. The molecule has 0 N–H and O–H groups in total. The van der Waals surface area contributed by atoms with Gasteiger partial charge < -0.3 is 4.90 Å².